The van der Waals surface area contributed by atoms with Crippen LogP contribution in [0.2, 0.25) is 0 Å². The van der Waals surface area contributed by atoms with Crippen LogP contribution >= 0.6 is 0 Å². The zero-order chi connectivity index (χ0) is 13.1. The van der Waals surface area contributed by atoms with E-state index in [1.165, 1.54) is 24.3 Å². The molecule has 0 saturated heterocycles. The van der Waals surface area contributed by atoms with Crippen LogP contribution < -0.4 is 4.74 Å². The molecule has 0 aromatic heterocycles. The first kappa shape index (κ1) is 12.3. The minimum atomic E-state index is -0.874. The van der Waals surface area contributed by atoms with Crippen molar-refractivity contribution in [1.82, 2.24) is 0 Å². The Morgan fingerprint density at radius 2 is 1.94 bits per heavy atom. The lowest BCUT2D eigenvalue weighted by atomic mass is 9.92. The highest BCUT2D eigenvalue weighted by molar-refractivity contribution is 5.64. The Labute approximate surface area is 102 Å². The molecule has 1 aliphatic rings. The van der Waals surface area contributed by atoms with E-state index in [4.69, 9.17) is 14.6 Å². The van der Waals surface area contributed by atoms with Crippen molar-refractivity contribution >= 4 is 11.8 Å². The van der Waals surface area contributed by atoms with Crippen molar-refractivity contribution in [2.24, 2.45) is 0 Å². The zero-order valence-corrected chi connectivity index (χ0v) is 9.31. The lowest BCUT2D eigenvalue weighted by molar-refractivity contribution is -0.384. The lowest BCUT2D eigenvalue weighted by Gasteiger charge is -2.29. The van der Waals surface area contributed by atoms with E-state index in [2.05, 4.69) is 0 Å². The van der Waals surface area contributed by atoms with E-state index >= 15 is 0 Å². The Balaban J connectivity index is 1.85. The van der Waals surface area contributed by atoms with Crippen LogP contribution in [0.4, 0.5) is 10.5 Å². The molecule has 0 amide bonds. The number of carbonyl (C=O) groups excluding carboxylic acids is 1. The second-order valence-corrected chi connectivity index (χ2v) is 3.97. The predicted molar refractivity (Wildman–Crippen MR) is 59.2 cm³/mol. The van der Waals surface area contributed by atoms with Gasteiger partial charge in [0.25, 0.3) is 5.69 Å². The van der Waals surface area contributed by atoms with E-state index in [-0.39, 0.29) is 17.5 Å². The molecule has 0 unspecified atom stereocenters. The van der Waals surface area contributed by atoms with E-state index < -0.39 is 17.2 Å². The van der Waals surface area contributed by atoms with Gasteiger partial charge in [0.15, 0.2) is 0 Å². The molecular weight excluding hydrogens is 242 g/mol. The molecule has 0 atom stereocenters. The third-order valence-corrected chi connectivity index (χ3v) is 2.58. The Hall–Kier alpha value is -2.15. The Kier molecular flexibility index (Phi) is 3.42. The fourth-order valence-corrected chi connectivity index (χ4v) is 1.53. The van der Waals surface area contributed by atoms with Gasteiger partial charge in [-0.05, 0) is 12.1 Å². The lowest BCUT2D eigenvalue weighted by Crippen LogP contribution is -2.37. The predicted octanol–water partition coefficient (Wildman–Crippen LogP) is 1.63. The molecule has 1 aromatic rings. The van der Waals surface area contributed by atoms with Crippen molar-refractivity contribution in [1.29, 1.82) is 0 Å². The first-order chi connectivity index (χ1) is 8.54. The molecule has 0 spiro atoms. The van der Waals surface area contributed by atoms with Crippen molar-refractivity contribution < 1.29 is 24.3 Å². The largest absolute Gasteiger partial charge is 0.514 e. The summed E-state index contributed by atoms with van der Waals surface area (Å²) in [4.78, 5) is 21.1. The van der Waals surface area contributed by atoms with E-state index in [1.54, 1.807) is 0 Å². The summed E-state index contributed by atoms with van der Waals surface area (Å²) in [6, 6.07) is 5.09. The van der Waals surface area contributed by atoms with Crippen LogP contribution in [0.3, 0.4) is 0 Å². The molecule has 1 saturated carbocycles. The maximum atomic E-state index is 11.3. The van der Waals surface area contributed by atoms with E-state index in [0.29, 0.717) is 12.8 Å². The van der Waals surface area contributed by atoms with Gasteiger partial charge in [0.1, 0.15) is 11.9 Å². The SMILES string of the molecule is O=C(Oc1ccc([N+](=O)[O-])cc1)OC1CC(O)C1. The van der Waals surface area contributed by atoms with Gasteiger partial charge in [0, 0.05) is 25.0 Å². The number of hydrogen-bond donors (Lipinski definition) is 1. The van der Waals surface area contributed by atoms with Gasteiger partial charge in [-0.2, -0.15) is 0 Å². The highest BCUT2D eigenvalue weighted by Crippen LogP contribution is 2.24. The van der Waals surface area contributed by atoms with E-state index in [9.17, 15) is 14.9 Å². The molecule has 1 aliphatic carbocycles. The summed E-state index contributed by atoms with van der Waals surface area (Å²) in [5, 5.41) is 19.4. The number of non-ortho nitro benzene ring substituents is 1. The first-order valence-electron chi connectivity index (χ1n) is 5.35. The van der Waals surface area contributed by atoms with Crippen LogP contribution in [0.1, 0.15) is 12.8 Å². The number of carbonyl (C=O) groups is 1. The van der Waals surface area contributed by atoms with Crippen LogP contribution in [0, 0.1) is 10.1 Å². The second-order valence-electron chi connectivity index (χ2n) is 3.97. The number of aliphatic hydroxyl groups excluding tert-OH is 1. The summed E-state index contributed by atoms with van der Waals surface area (Å²) < 4.78 is 9.71. The molecule has 7 heteroatoms. The highest BCUT2D eigenvalue weighted by atomic mass is 16.7. The molecule has 7 nitrogen and oxygen atoms in total. The van der Waals surface area contributed by atoms with Crippen LogP contribution in [0.15, 0.2) is 24.3 Å². The van der Waals surface area contributed by atoms with E-state index in [0.717, 1.165) is 0 Å². The van der Waals surface area contributed by atoms with Gasteiger partial charge in [-0.15, -0.1) is 0 Å². The summed E-state index contributed by atoms with van der Waals surface area (Å²) in [5.41, 5.74) is -0.0853. The standard InChI is InChI=1S/C11H11NO6/c13-8-5-10(6-8)18-11(14)17-9-3-1-7(2-4-9)12(15)16/h1-4,8,10,13H,5-6H2. The third kappa shape index (κ3) is 2.95. The van der Waals surface area contributed by atoms with Crippen molar-refractivity contribution in [3.8, 4) is 5.75 Å². The monoisotopic (exact) mass is 253 g/mol. The topological polar surface area (TPSA) is 98.9 Å². The summed E-state index contributed by atoms with van der Waals surface area (Å²) in [7, 11) is 0. The van der Waals surface area contributed by atoms with Gasteiger partial charge in [-0.3, -0.25) is 10.1 Å². The van der Waals surface area contributed by atoms with Crippen LogP contribution in [0.5, 0.6) is 5.75 Å². The van der Waals surface area contributed by atoms with Crippen LogP contribution in [-0.4, -0.2) is 28.4 Å². The third-order valence-electron chi connectivity index (χ3n) is 2.58. The van der Waals surface area contributed by atoms with Gasteiger partial charge in [0.05, 0.1) is 11.0 Å². The quantitative estimate of drug-likeness (QED) is 0.380. The number of nitrogens with zero attached hydrogens (tertiary/aromatic N) is 1. The number of nitro benzene ring substituents is 1. The van der Waals surface area contributed by atoms with Crippen LogP contribution in [0.25, 0.3) is 0 Å². The molecular formula is C11H11NO6. The van der Waals surface area contributed by atoms with Gasteiger partial charge >= 0.3 is 6.16 Å². The summed E-state index contributed by atoms with van der Waals surface area (Å²) >= 11 is 0. The summed E-state index contributed by atoms with van der Waals surface area (Å²) in [6.07, 6.45) is -0.779. The molecule has 0 radical (unpaired) electrons. The van der Waals surface area contributed by atoms with Crippen molar-refractivity contribution in [3.05, 3.63) is 34.4 Å². The molecule has 1 aromatic carbocycles. The number of ether oxygens (including phenoxy) is 2. The van der Waals surface area contributed by atoms with Crippen molar-refractivity contribution in [2.45, 2.75) is 25.0 Å². The molecule has 18 heavy (non-hydrogen) atoms. The molecule has 0 bridgehead atoms. The molecule has 1 fully saturated rings. The fourth-order valence-electron chi connectivity index (χ4n) is 1.53. The number of nitro groups is 1. The van der Waals surface area contributed by atoms with Gasteiger partial charge in [-0.1, -0.05) is 0 Å². The average molecular weight is 253 g/mol. The molecule has 0 aliphatic heterocycles. The van der Waals surface area contributed by atoms with E-state index in [1.807, 2.05) is 0 Å². The first-order valence-corrected chi connectivity index (χ1v) is 5.35. The Morgan fingerprint density at radius 1 is 1.33 bits per heavy atom. The number of rotatable bonds is 3. The van der Waals surface area contributed by atoms with Crippen molar-refractivity contribution in [3.63, 3.8) is 0 Å². The summed E-state index contributed by atoms with van der Waals surface area (Å²) in [5.74, 6) is 0.172. The average Bonchev–Trinajstić information content (AvgIpc) is 2.27. The fraction of sp³-hybridized carbons (Fsp3) is 0.364. The highest BCUT2D eigenvalue weighted by Gasteiger charge is 2.31. The number of hydrogen-bond acceptors (Lipinski definition) is 6. The van der Waals surface area contributed by atoms with Crippen LogP contribution in [-0.2, 0) is 4.74 Å². The van der Waals surface area contributed by atoms with Gasteiger partial charge in [0.2, 0.25) is 0 Å². The minimum absolute atomic E-state index is 0.0853. The normalized spacial score (nSPS) is 21.8. The Morgan fingerprint density at radius 3 is 2.44 bits per heavy atom. The molecule has 0 heterocycles. The maximum absolute atomic E-state index is 11.3. The molecule has 1 N–H and O–H groups in total. The Bertz CT molecular complexity index is 451. The zero-order valence-electron chi connectivity index (χ0n) is 9.31. The minimum Gasteiger partial charge on any atom is -0.430 e. The summed E-state index contributed by atoms with van der Waals surface area (Å²) in [6.45, 7) is 0. The van der Waals surface area contributed by atoms with Gasteiger partial charge < -0.3 is 14.6 Å². The second kappa shape index (κ2) is 5.01. The van der Waals surface area contributed by atoms with Crippen molar-refractivity contribution in [2.75, 3.05) is 0 Å². The number of benzene rings is 1. The molecule has 2 rings (SSSR count). The maximum Gasteiger partial charge on any atom is 0.514 e. The smallest absolute Gasteiger partial charge is 0.430 e. The number of aliphatic hydroxyl groups is 1. The molecule has 96 valence electrons. The van der Waals surface area contributed by atoms with Gasteiger partial charge in [-0.25, -0.2) is 4.79 Å².